The van der Waals surface area contributed by atoms with Gasteiger partial charge in [0.1, 0.15) is 18.1 Å². The van der Waals surface area contributed by atoms with E-state index in [4.69, 9.17) is 17.2 Å². The topological polar surface area (TPSA) is 203 Å². The number of nitrogens with two attached hydrogens (primary N) is 3. The lowest BCUT2D eigenvalue weighted by atomic mass is 10.0. The van der Waals surface area contributed by atoms with Crippen molar-refractivity contribution in [1.82, 2.24) is 16.0 Å². The highest BCUT2D eigenvalue weighted by Gasteiger charge is 2.29. The van der Waals surface area contributed by atoms with Gasteiger partial charge in [-0.05, 0) is 57.5 Å². The quantitative estimate of drug-likeness (QED) is 0.0890. The molecule has 0 aliphatic heterocycles. The summed E-state index contributed by atoms with van der Waals surface area (Å²) in [5.41, 5.74) is 16.9. The SMILES string of the molecule is CC(C)CC(NC(=O)C(CS)NC(=O)C(CCCCN)NC(=O)C(N)CCCCN)C(=O)O. The van der Waals surface area contributed by atoms with Crippen LogP contribution in [0.2, 0.25) is 0 Å². The van der Waals surface area contributed by atoms with Crippen LogP contribution in [-0.4, -0.2) is 71.8 Å². The van der Waals surface area contributed by atoms with E-state index >= 15 is 0 Å². The molecule has 0 aromatic carbocycles. The molecule has 0 saturated carbocycles. The lowest BCUT2D eigenvalue weighted by Crippen LogP contribution is -2.57. The molecule has 4 unspecified atom stereocenters. The first-order valence-corrected chi connectivity index (χ1v) is 12.1. The summed E-state index contributed by atoms with van der Waals surface area (Å²) in [6.45, 7) is 4.63. The fraction of sp³-hybridized carbons (Fsp3) is 0.810. The molecule has 0 spiro atoms. The second kappa shape index (κ2) is 17.6. The molecule has 0 aliphatic carbocycles. The molecule has 0 fully saturated rings. The number of unbranched alkanes of at least 4 members (excludes halogenated alkanes) is 2. The van der Waals surface area contributed by atoms with Gasteiger partial charge in [0.25, 0.3) is 0 Å². The van der Waals surface area contributed by atoms with Gasteiger partial charge in [-0.1, -0.05) is 20.3 Å². The molecule has 0 bridgehead atoms. The summed E-state index contributed by atoms with van der Waals surface area (Å²) < 4.78 is 0. The van der Waals surface area contributed by atoms with Crippen LogP contribution in [0.3, 0.4) is 0 Å². The number of rotatable bonds is 18. The van der Waals surface area contributed by atoms with E-state index in [-0.39, 0.29) is 18.1 Å². The van der Waals surface area contributed by atoms with E-state index in [2.05, 4.69) is 28.6 Å². The van der Waals surface area contributed by atoms with Crippen LogP contribution < -0.4 is 33.2 Å². The summed E-state index contributed by atoms with van der Waals surface area (Å²) in [6, 6.07) is -3.84. The Kier molecular flexibility index (Phi) is 16.6. The number of hydrogen-bond donors (Lipinski definition) is 8. The summed E-state index contributed by atoms with van der Waals surface area (Å²) in [7, 11) is 0. The number of amides is 3. The van der Waals surface area contributed by atoms with E-state index < -0.39 is 47.9 Å². The van der Waals surface area contributed by atoms with Gasteiger partial charge in [-0.3, -0.25) is 14.4 Å². The van der Waals surface area contributed by atoms with Gasteiger partial charge in [-0.25, -0.2) is 4.79 Å². The summed E-state index contributed by atoms with van der Waals surface area (Å²) >= 11 is 4.12. The van der Waals surface area contributed by atoms with Crippen molar-refractivity contribution in [3.05, 3.63) is 0 Å². The third kappa shape index (κ3) is 13.4. The van der Waals surface area contributed by atoms with Crippen LogP contribution in [0.25, 0.3) is 0 Å². The average Bonchev–Trinajstić information content (AvgIpc) is 2.75. The maximum absolute atomic E-state index is 12.9. The molecule has 12 heteroatoms. The second-order valence-electron chi connectivity index (χ2n) is 8.51. The predicted octanol–water partition coefficient (Wildman–Crippen LogP) is -0.913. The van der Waals surface area contributed by atoms with Gasteiger partial charge >= 0.3 is 5.97 Å². The van der Waals surface area contributed by atoms with Crippen molar-refractivity contribution in [1.29, 1.82) is 0 Å². The van der Waals surface area contributed by atoms with Crippen LogP contribution in [0.1, 0.15) is 58.8 Å². The van der Waals surface area contributed by atoms with Crippen LogP contribution in [0.5, 0.6) is 0 Å². The lowest BCUT2D eigenvalue weighted by Gasteiger charge is -2.25. The van der Waals surface area contributed by atoms with E-state index in [1.54, 1.807) is 0 Å². The second-order valence-corrected chi connectivity index (χ2v) is 8.87. The first-order chi connectivity index (χ1) is 15.6. The Morgan fingerprint density at radius 3 is 1.76 bits per heavy atom. The van der Waals surface area contributed by atoms with Crippen LogP contribution in [0.15, 0.2) is 0 Å². The van der Waals surface area contributed by atoms with E-state index in [0.717, 1.165) is 6.42 Å². The number of hydrogen-bond acceptors (Lipinski definition) is 8. The largest absolute Gasteiger partial charge is 0.480 e. The molecule has 4 atom stereocenters. The molecule has 0 aromatic rings. The average molecular weight is 491 g/mol. The molecule has 3 amide bonds. The van der Waals surface area contributed by atoms with Crippen molar-refractivity contribution in [2.45, 2.75) is 83.0 Å². The molecular weight excluding hydrogens is 448 g/mol. The van der Waals surface area contributed by atoms with Crippen molar-refractivity contribution < 1.29 is 24.3 Å². The Morgan fingerprint density at radius 1 is 0.788 bits per heavy atom. The number of carbonyl (C=O) groups is 4. The molecule has 10 N–H and O–H groups in total. The molecule has 0 aliphatic rings. The van der Waals surface area contributed by atoms with Gasteiger partial charge < -0.3 is 38.3 Å². The monoisotopic (exact) mass is 490 g/mol. The minimum absolute atomic E-state index is 0.0478. The lowest BCUT2D eigenvalue weighted by molar-refractivity contribution is -0.142. The Hall–Kier alpha value is -1.89. The number of aliphatic carboxylic acids is 1. The van der Waals surface area contributed by atoms with E-state index in [9.17, 15) is 24.3 Å². The zero-order valence-corrected chi connectivity index (χ0v) is 20.6. The molecule has 192 valence electrons. The van der Waals surface area contributed by atoms with Crippen molar-refractivity contribution in [2.24, 2.45) is 23.1 Å². The molecule has 0 heterocycles. The minimum Gasteiger partial charge on any atom is -0.480 e. The Bertz CT molecular complexity index is 622. The first-order valence-electron chi connectivity index (χ1n) is 11.5. The molecule has 0 saturated heterocycles. The summed E-state index contributed by atoms with van der Waals surface area (Å²) in [6.07, 6.45) is 3.68. The zero-order chi connectivity index (χ0) is 25.4. The molecule has 0 rings (SSSR count). The zero-order valence-electron chi connectivity index (χ0n) is 19.7. The molecule has 11 nitrogen and oxygen atoms in total. The van der Waals surface area contributed by atoms with Crippen LogP contribution >= 0.6 is 12.6 Å². The number of thiol groups is 1. The number of carboxylic acid groups (broad SMARTS) is 1. The van der Waals surface area contributed by atoms with Crippen LogP contribution in [-0.2, 0) is 19.2 Å². The Balaban J connectivity index is 5.18. The standard InChI is InChI=1S/C21H42N6O5S/c1-13(2)11-16(21(31)32)26-20(30)17(12-33)27-19(29)15(8-4-6-10-23)25-18(28)14(24)7-3-5-9-22/h13-17,33H,3-12,22-24H2,1-2H3,(H,25,28)(H,26,30)(H,27,29)(H,31,32). The normalized spacial score (nSPS) is 14.8. The number of carbonyl (C=O) groups excluding carboxylic acids is 3. The maximum atomic E-state index is 12.9. The van der Waals surface area contributed by atoms with Crippen LogP contribution in [0, 0.1) is 5.92 Å². The highest BCUT2D eigenvalue weighted by molar-refractivity contribution is 7.80. The van der Waals surface area contributed by atoms with E-state index in [1.165, 1.54) is 0 Å². The van der Waals surface area contributed by atoms with Gasteiger partial charge in [0.05, 0.1) is 6.04 Å². The summed E-state index contributed by atoms with van der Waals surface area (Å²) in [4.78, 5) is 49.4. The predicted molar refractivity (Wildman–Crippen MR) is 131 cm³/mol. The highest BCUT2D eigenvalue weighted by atomic mass is 32.1. The van der Waals surface area contributed by atoms with E-state index in [0.29, 0.717) is 45.2 Å². The molecule has 0 aromatic heterocycles. The maximum Gasteiger partial charge on any atom is 0.326 e. The van der Waals surface area contributed by atoms with Gasteiger partial charge in [-0.2, -0.15) is 12.6 Å². The van der Waals surface area contributed by atoms with Gasteiger partial charge in [0, 0.05) is 5.75 Å². The summed E-state index contributed by atoms with van der Waals surface area (Å²) in [5.74, 6) is -2.84. The van der Waals surface area contributed by atoms with Crippen molar-refractivity contribution in [3.63, 3.8) is 0 Å². The third-order valence-electron chi connectivity index (χ3n) is 5.02. The van der Waals surface area contributed by atoms with Gasteiger partial charge in [0.15, 0.2) is 0 Å². The van der Waals surface area contributed by atoms with Crippen molar-refractivity contribution in [3.8, 4) is 0 Å². The summed E-state index contributed by atoms with van der Waals surface area (Å²) in [5, 5.41) is 17.0. The smallest absolute Gasteiger partial charge is 0.326 e. The molecular formula is C21H42N6O5S. The third-order valence-corrected chi connectivity index (χ3v) is 5.39. The van der Waals surface area contributed by atoms with E-state index in [1.807, 2.05) is 13.8 Å². The highest BCUT2D eigenvalue weighted by Crippen LogP contribution is 2.07. The Labute approximate surface area is 201 Å². The van der Waals surface area contributed by atoms with Gasteiger partial charge in [-0.15, -0.1) is 0 Å². The molecule has 33 heavy (non-hydrogen) atoms. The Morgan fingerprint density at radius 2 is 1.27 bits per heavy atom. The van der Waals surface area contributed by atoms with Gasteiger partial charge in [0.2, 0.25) is 17.7 Å². The minimum atomic E-state index is -1.16. The van der Waals surface area contributed by atoms with Crippen LogP contribution in [0.4, 0.5) is 0 Å². The van der Waals surface area contributed by atoms with Crippen molar-refractivity contribution in [2.75, 3.05) is 18.8 Å². The number of nitrogens with one attached hydrogen (secondary N) is 3. The fourth-order valence-electron chi connectivity index (χ4n) is 3.11. The van der Waals surface area contributed by atoms with Crippen molar-refractivity contribution >= 4 is 36.3 Å². The first kappa shape index (κ1) is 31.1. The fourth-order valence-corrected chi connectivity index (χ4v) is 3.37. The molecule has 0 radical (unpaired) electrons. The number of carboxylic acids is 1.